The van der Waals surface area contributed by atoms with Gasteiger partial charge in [-0.2, -0.15) is 0 Å². The third-order valence-electron chi connectivity index (χ3n) is 19.0. The van der Waals surface area contributed by atoms with Crippen LogP contribution in [-0.4, -0.2) is 133 Å². The van der Waals surface area contributed by atoms with Crippen molar-refractivity contribution in [1.29, 1.82) is 0 Å². The lowest BCUT2D eigenvalue weighted by Crippen LogP contribution is -2.58. The van der Waals surface area contributed by atoms with Crippen LogP contribution >= 0.6 is 0 Å². The van der Waals surface area contributed by atoms with Gasteiger partial charge in [-0.1, -0.05) is 111 Å². The lowest BCUT2D eigenvalue weighted by molar-refractivity contribution is -0.143. The molecule has 18 nitrogen and oxygen atoms in total. The minimum absolute atomic E-state index is 0.0816. The number of aryl methyl sites for hydroxylation is 2. The molecule has 10 rings (SSSR count). The lowest BCUT2D eigenvalue weighted by Gasteiger charge is -2.35. The van der Waals surface area contributed by atoms with E-state index in [1.165, 1.54) is 11.1 Å². The minimum atomic E-state index is -0.870. The van der Waals surface area contributed by atoms with Crippen molar-refractivity contribution in [3.63, 3.8) is 0 Å². The second-order valence-corrected chi connectivity index (χ2v) is 24.4. The summed E-state index contributed by atoms with van der Waals surface area (Å²) in [6.07, 6.45) is 12.6. The van der Waals surface area contributed by atoms with Crippen molar-refractivity contribution in [2.45, 2.75) is 177 Å². The van der Waals surface area contributed by atoms with Gasteiger partial charge in [0.05, 0.1) is 24.2 Å². The maximum Gasteiger partial charge on any atom is 0.251 e. The van der Waals surface area contributed by atoms with Gasteiger partial charge in [0.15, 0.2) is 0 Å². The first-order chi connectivity index (χ1) is 40.7. The number of amides is 8. The van der Waals surface area contributed by atoms with Gasteiger partial charge in [0.2, 0.25) is 35.4 Å². The number of nitrogens with zero attached hydrogens (tertiary/aromatic N) is 2. The highest BCUT2D eigenvalue weighted by molar-refractivity contribution is 5.98. The summed E-state index contributed by atoms with van der Waals surface area (Å²) in [7, 11) is 3.39. The third kappa shape index (κ3) is 13.5. The summed E-state index contributed by atoms with van der Waals surface area (Å²) in [5.74, 6) is -2.65. The van der Waals surface area contributed by atoms with E-state index >= 15 is 0 Å². The number of benzene rings is 4. The Morgan fingerprint density at radius 2 is 0.821 bits per heavy atom. The predicted molar refractivity (Wildman–Crippen MR) is 320 cm³/mol. The van der Waals surface area contributed by atoms with Crippen molar-refractivity contribution < 1.29 is 38.4 Å². The van der Waals surface area contributed by atoms with Crippen molar-refractivity contribution in [2.75, 3.05) is 27.2 Å². The second-order valence-electron chi connectivity index (χ2n) is 24.4. The number of hydrogen-bond donors (Lipinski definition) is 8. The van der Waals surface area contributed by atoms with Gasteiger partial charge in [-0.3, -0.25) is 38.4 Å². The van der Waals surface area contributed by atoms with E-state index in [0.717, 1.165) is 112 Å². The van der Waals surface area contributed by atoms with Crippen molar-refractivity contribution >= 4 is 47.3 Å². The normalized spacial score (nSPS) is 23.7. The van der Waals surface area contributed by atoms with E-state index in [1.54, 1.807) is 62.0 Å². The van der Waals surface area contributed by atoms with Crippen LogP contribution in [0, 0.1) is 11.8 Å². The molecule has 2 saturated heterocycles. The Hall–Kier alpha value is -7.44. The van der Waals surface area contributed by atoms with Gasteiger partial charge in [-0.25, -0.2) is 0 Å². The first kappa shape index (κ1) is 59.7. The molecule has 8 amide bonds. The Labute approximate surface area is 493 Å². The first-order valence-electron chi connectivity index (χ1n) is 30.8. The van der Waals surface area contributed by atoms with Crippen LogP contribution in [0.3, 0.4) is 0 Å². The molecular weight excluding hydrogens is 1060 g/mol. The molecule has 4 aromatic rings. The molecule has 18 heteroatoms. The summed E-state index contributed by atoms with van der Waals surface area (Å²) in [4.78, 5) is 116. The van der Waals surface area contributed by atoms with Crippen molar-refractivity contribution in [3.05, 3.63) is 130 Å². The summed E-state index contributed by atoms with van der Waals surface area (Å²) in [5.41, 5.74) is 6.89. The highest BCUT2D eigenvalue weighted by Gasteiger charge is 2.47. The molecule has 2 saturated carbocycles. The molecule has 4 aliphatic carbocycles. The Balaban J connectivity index is 0.802. The van der Waals surface area contributed by atoms with Gasteiger partial charge in [-0.05, 0) is 162 Å². The zero-order chi connectivity index (χ0) is 59.0. The summed E-state index contributed by atoms with van der Waals surface area (Å²) >= 11 is 0. The van der Waals surface area contributed by atoms with Crippen molar-refractivity contribution in [1.82, 2.24) is 52.3 Å². The van der Waals surface area contributed by atoms with Gasteiger partial charge >= 0.3 is 0 Å². The van der Waals surface area contributed by atoms with Crippen LogP contribution in [0.1, 0.15) is 159 Å². The topological polar surface area (TPSA) is 239 Å². The quantitative estimate of drug-likeness (QED) is 0.0570. The minimum Gasteiger partial charge on any atom is -0.347 e. The van der Waals surface area contributed by atoms with E-state index in [-0.39, 0.29) is 97.1 Å². The summed E-state index contributed by atoms with van der Waals surface area (Å²) in [6, 6.07) is 24.4. The van der Waals surface area contributed by atoms with Crippen LogP contribution in [0.15, 0.2) is 97.1 Å². The summed E-state index contributed by atoms with van der Waals surface area (Å²) in [5, 5.41) is 24.8. The Bertz CT molecular complexity index is 2850. The van der Waals surface area contributed by atoms with Crippen LogP contribution < -0.4 is 42.5 Å². The van der Waals surface area contributed by atoms with E-state index in [4.69, 9.17) is 0 Å². The zero-order valence-corrected chi connectivity index (χ0v) is 49.1. The van der Waals surface area contributed by atoms with Gasteiger partial charge in [0.1, 0.15) is 24.2 Å². The molecule has 2 aliphatic heterocycles. The molecule has 6 aliphatic rings. The molecule has 4 aromatic carbocycles. The summed E-state index contributed by atoms with van der Waals surface area (Å²) < 4.78 is 0. The number of likely N-dealkylation sites (tertiary alicyclic amines) is 2. The lowest BCUT2D eigenvalue weighted by atomic mass is 9.83. The van der Waals surface area contributed by atoms with E-state index < -0.39 is 48.3 Å². The largest absolute Gasteiger partial charge is 0.347 e. The maximum absolute atomic E-state index is 14.9. The van der Waals surface area contributed by atoms with E-state index in [2.05, 4.69) is 54.7 Å². The molecular formula is C66H84N10O8. The van der Waals surface area contributed by atoms with Crippen LogP contribution in [0.25, 0.3) is 11.1 Å². The first-order valence-corrected chi connectivity index (χ1v) is 30.8. The molecule has 0 spiro atoms. The van der Waals surface area contributed by atoms with Gasteiger partial charge < -0.3 is 52.3 Å². The van der Waals surface area contributed by atoms with Crippen molar-refractivity contribution in [3.8, 4) is 11.1 Å². The number of nitrogens with one attached hydrogen (secondary N) is 8. The predicted octanol–water partition coefficient (Wildman–Crippen LogP) is 5.71. The SMILES string of the molecule is CN[C@@H](C)C(=O)N[C@H](C(=O)N1C[C@@H](NC(=O)c2ccc(-c3ccc(C(=O)N[C@H]4C[C@@H](C(=O)N[C@@H]5CCc6ccccc65)N(C(=O)[C@@H](NC(=O)[C@H](C)NC)C5CCCCC5)C4)cc3)cc2)C[C@H]1C(=O)N[C@@H]1CCc2ccccc21)C1CCCCC1. The van der Waals surface area contributed by atoms with Crippen LogP contribution in [0.5, 0.6) is 0 Å². The fraction of sp³-hybridized carbons (Fsp3) is 0.515. The van der Waals surface area contributed by atoms with E-state index in [9.17, 15) is 38.4 Å². The number of rotatable bonds is 19. The van der Waals surface area contributed by atoms with Crippen LogP contribution in [-0.2, 0) is 41.6 Å². The number of carbonyl (C=O) groups is 8. The smallest absolute Gasteiger partial charge is 0.251 e. The Morgan fingerprint density at radius 3 is 1.19 bits per heavy atom. The molecule has 0 aromatic heterocycles. The van der Waals surface area contributed by atoms with Gasteiger partial charge in [0.25, 0.3) is 11.8 Å². The van der Waals surface area contributed by atoms with Crippen LogP contribution in [0.4, 0.5) is 0 Å². The third-order valence-corrected chi connectivity index (χ3v) is 19.0. The number of hydrogen-bond acceptors (Lipinski definition) is 10. The molecule has 0 unspecified atom stereocenters. The fourth-order valence-corrected chi connectivity index (χ4v) is 13.9. The molecule has 4 fully saturated rings. The molecule has 0 bridgehead atoms. The number of likely N-dealkylation sites (N-methyl/N-ethyl adjacent to an activating group) is 2. The highest BCUT2D eigenvalue weighted by Crippen LogP contribution is 2.36. The maximum atomic E-state index is 14.9. The van der Waals surface area contributed by atoms with Gasteiger partial charge in [0, 0.05) is 36.3 Å². The molecule has 446 valence electrons. The molecule has 2 heterocycles. The fourth-order valence-electron chi connectivity index (χ4n) is 13.9. The average molecular weight is 1150 g/mol. The van der Waals surface area contributed by atoms with E-state index in [1.807, 2.05) is 60.7 Å². The Kier molecular flexibility index (Phi) is 19.2. The molecule has 10 atom stereocenters. The second kappa shape index (κ2) is 27.1. The van der Waals surface area contributed by atoms with E-state index in [0.29, 0.717) is 11.1 Å². The molecule has 84 heavy (non-hydrogen) atoms. The zero-order valence-electron chi connectivity index (χ0n) is 49.1. The van der Waals surface area contributed by atoms with Gasteiger partial charge in [-0.15, -0.1) is 0 Å². The van der Waals surface area contributed by atoms with Crippen LogP contribution in [0.2, 0.25) is 0 Å². The number of fused-ring (bicyclic) bond motifs is 2. The monoisotopic (exact) mass is 1140 g/mol. The standard InChI is InChI=1S/C66H84N10O8/c1-39(67-3)59(77)73-57(45-17-7-5-8-18-45)65(83)75-37-49(35-55(75)63(81)71-53-33-31-43-15-11-13-21-51(43)53)69-61(79)47-27-23-41(24-28-47)42-25-29-48(30-26-42)62(80)70-50-36-56(64(82)72-54-34-32-44-16-12-14-22-52(44)54)76(38-50)66(84)58(46-19-9-6-10-20-46)74-60(78)40(2)68-4/h11-16,21-30,39-40,45-46,49-50,53-58,67-68H,5-10,17-20,31-38H2,1-4H3,(H,69,79)(H,70,80)(H,71,81)(H,72,82)(H,73,77)(H,74,78)/t39-,40-,49-,50-,53+,54+,55-,56-,57-,58-/m0/s1. The van der Waals surface area contributed by atoms with Crippen molar-refractivity contribution in [2.24, 2.45) is 11.8 Å². The highest BCUT2D eigenvalue weighted by atomic mass is 16.2. The Morgan fingerprint density at radius 1 is 0.452 bits per heavy atom. The summed E-state index contributed by atoms with van der Waals surface area (Å²) in [6.45, 7) is 3.69. The number of carbonyl (C=O) groups excluding carboxylic acids is 8. The molecule has 0 radical (unpaired) electrons. The average Bonchev–Trinajstić information content (AvgIpc) is 4.32. The molecule has 8 N–H and O–H groups in total.